The number of hydrogen-bond acceptors (Lipinski definition) is 3. The Labute approximate surface area is 70.7 Å². The number of halogens is 2. The molecule has 2 atom stereocenters. The second-order valence-corrected chi connectivity index (χ2v) is 2.61. The molecule has 0 aliphatic carbocycles. The first-order valence-corrected chi connectivity index (χ1v) is 3.77. The lowest BCUT2D eigenvalue weighted by molar-refractivity contribution is -0.00505. The highest BCUT2D eigenvalue weighted by Gasteiger charge is 2.15. The minimum absolute atomic E-state index is 0.0325. The van der Waals surface area contributed by atoms with Crippen molar-refractivity contribution in [3.8, 4) is 0 Å². The van der Waals surface area contributed by atoms with Gasteiger partial charge in [-0.25, -0.2) is 8.78 Å². The molecule has 0 amide bonds. The average Bonchev–Trinajstić information content (AvgIpc) is 2.03. The summed E-state index contributed by atoms with van der Waals surface area (Å²) in [4.78, 5) is 0. The SMILES string of the molecule is COC(C)CNCC(O)C(F)F. The predicted octanol–water partition coefficient (Wildman–Crippen LogP) is 0.237. The summed E-state index contributed by atoms with van der Waals surface area (Å²) in [6, 6.07) is 0. The number of methoxy groups -OCH3 is 1. The quantitative estimate of drug-likeness (QED) is 0.619. The van der Waals surface area contributed by atoms with Crippen molar-refractivity contribution in [1.29, 1.82) is 0 Å². The second-order valence-electron chi connectivity index (χ2n) is 2.61. The normalized spacial score (nSPS) is 16.5. The lowest BCUT2D eigenvalue weighted by Gasteiger charge is -2.13. The van der Waals surface area contributed by atoms with Crippen molar-refractivity contribution in [1.82, 2.24) is 5.32 Å². The minimum atomic E-state index is -2.68. The highest BCUT2D eigenvalue weighted by Crippen LogP contribution is 1.98. The number of rotatable bonds is 6. The highest BCUT2D eigenvalue weighted by molar-refractivity contribution is 4.63. The topological polar surface area (TPSA) is 41.5 Å². The summed E-state index contributed by atoms with van der Waals surface area (Å²) >= 11 is 0. The summed E-state index contributed by atoms with van der Waals surface area (Å²) < 4.78 is 28.3. The Morgan fingerprint density at radius 2 is 2.00 bits per heavy atom. The molecular weight excluding hydrogens is 168 g/mol. The zero-order valence-electron chi connectivity index (χ0n) is 7.26. The predicted molar refractivity (Wildman–Crippen MR) is 41.4 cm³/mol. The molecule has 0 spiro atoms. The van der Waals surface area contributed by atoms with Crippen LogP contribution in [-0.4, -0.2) is 43.9 Å². The van der Waals surface area contributed by atoms with Crippen LogP contribution in [0.5, 0.6) is 0 Å². The Bertz CT molecular complexity index is 114. The van der Waals surface area contributed by atoms with E-state index in [0.717, 1.165) is 0 Å². The molecule has 0 bridgehead atoms. The van der Waals surface area contributed by atoms with Gasteiger partial charge in [-0.05, 0) is 6.92 Å². The molecule has 5 heteroatoms. The van der Waals surface area contributed by atoms with Gasteiger partial charge in [0.1, 0.15) is 6.10 Å². The largest absolute Gasteiger partial charge is 0.386 e. The third-order valence-electron chi connectivity index (χ3n) is 1.48. The molecule has 0 aromatic rings. The molecule has 0 saturated carbocycles. The van der Waals surface area contributed by atoms with E-state index < -0.39 is 12.5 Å². The van der Waals surface area contributed by atoms with Crippen LogP contribution in [0.4, 0.5) is 8.78 Å². The van der Waals surface area contributed by atoms with Gasteiger partial charge in [0.15, 0.2) is 0 Å². The number of ether oxygens (including phenoxy) is 1. The van der Waals surface area contributed by atoms with Crippen LogP contribution in [0.1, 0.15) is 6.92 Å². The number of alkyl halides is 2. The van der Waals surface area contributed by atoms with Crippen molar-refractivity contribution in [2.75, 3.05) is 20.2 Å². The van der Waals surface area contributed by atoms with Crippen LogP contribution in [0.25, 0.3) is 0 Å². The molecule has 0 aromatic heterocycles. The third-order valence-corrected chi connectivity index (χ3v) is 1.48. The van der Waals surface area contributed by atoms with Crippen LogP contribution in [0.15, 0.2) is 0 Å². The summed E-state index contributed by atoms with van der Waals surface area (Å²) in [5, 5.41) is 11.3. The molecule has 74 valence electrons. The van der Waals surface area contributed by atoms with Gasteiger partial charge in [-0.15, -0.1) is 0 Å². The Morgan fingerprint density at radius 1 is 1.42 bits per heavy atom. The third kappa shape index (κ3) is 5.40. The molecular formula is C7H15F2NO2. The van der Waals surface area contributed by atoms with Crippen LogP contribution >= 0.6 is 0 Å². The van der Waals surface area contributed by atoms with Crippen molar-refractivity contribution in [2.24, 2.45) is 0 Å². The van der Waals surface area contributed by atoms with Gasteiger partial charge in [-0.1, -0.05) is 0 Å². The number of hydrogen-bond donors (Lipinski definition) is 2. The van der Waals surface area contributed by atoms with Gasteiger partial charge >= 0.3 is 0 Å². The number of aliphatic hydroxyl groups is 1. The summed E-state index contributed by atoms with van der Waals surface area (Å²) in [5.41, 5.74) is 0. The van der Waals surface area contributed by atoms with Gasteiger partial charge in [0.25, 0.3) is 6.43 Å². The maximum Gasteiger partial charge on any atom is 0.265 e. The van der Waals surface area contributed by atoms with E-state index in [0.29, 0.717) is 6.54 Å². The van der Waals surface area contributed by atoms with Gasteiger partial charge in [-0.2, -0.15) is 0 Å². The Morgan fingerprint density at radius 3 is 2.42 bits per heavy atom. The zero-order valence-corrected chi connectivity index (χ0v) is 7.26. The Hall–Kier alpha value is -0.260. The van der Waals surface area contributed by atoms with Crippen molar-refractivity contribution in [3.63, 3.8) is 0 Å². The summed E-state index contributed by atoms with van der Waals surface area (Å²) in [6.07, 6.45) is -4.31. The van der Waals surface area contributed by atoms with Gasteiger partial charge in [0, 0.05) is 20.2 Å². The van der Waals surface area contributed by atoms with Crippen LogP contribution < -0.4 is 5.32 Å². The van der Waals surface area contributed by atoms with E-state index in [1.807, 2.05) is 6.92 Å². The fraction of sp³-hybridized carbons (Fsp3) is 1.00. The Balaban J connectivity index is 3.30. The zero-order chi connectivity index (χ0) is 9.56. The van der Waals surface area contributed by atoms with Crippen molar-refractivity contribution < 1.29 is 18.6 Å². The standard InChI is InChI=1S/C7H15F2NO2/c1-5(12-2)3-10-4-6(11)7(8)9/h5-7,10-11H,3-4H2,1-2H3. The van der Waals surface area contributed by atoms with Crippen LogP contribution in [0.2, 0.25) is 0 Å². The summed E-state index contributed by atoms with van der Waals surface area (Å²) in [5.74, 6) is 0. The molecule has 0 saturated heterocycles. The highest BCUT2D eigenvalue weighted by atomic mass is 19.3. The first-order chi connectivity index (χ1) is 5.57. The minimum Gasteiger partial charge on any atom is -0.386 e. The van der Waals surface area contributed by atoms with Gasteiger partial charge in [-0.3, -0.25) is 0 Å². The first kappa shape index (κ1) is 11.7. The molecule has 0 aliphatic rings. The van der Waals surface area contributed by atoms with Crippen molar-refractivity contribution in [2.45, 2.75) is 25.6 Å². The fourth-order valence-corrected chi connectivity index (χ4v) is 0.607. The van der Waals surface area contributed by atoms with E-state index in [1.54, 1.807) is 0 Å². The maximum atomic E-state index is 11.7. The van der Waals surface area contributed by atoms with Crippen molar-refractivity contribution >= 4 is 0 Å². The lowest BCUT2D eigenvalue weighted by atomic mass is 10.3. The number of nitrogens with one attached hydrogen (secondary N) is 1. The molecule has 0 radical (unpaired) electrons. The first-order valence-electron chi connectivity index (χ1n) is 3.77. The molecule has 12 heavy (non-hydrogen) atoms. The molecule has 0 rings (SSSR count). The van der Waals surface area contributed by atoms with Crippen LogP contribution in [-0.2, 0) is 4.74 Å². The Kier molecular flexibility index (Phi) is 6.14. The molecule has 0 heterocycles. The number of aliphatic hydroxyl groups excluding tert-OH is 1. The molecule has 2 N–H and O–H groups in total. The summed E-state index contributed by atoms with van der Waals surface area (Å²) in [6.45, 7) is 2.16. The van der Waals surface area contributed by atoms with E-state index in [4.69, 9.17) is 9.84 Å². The molecule has 0 fully saturated rings. The van der Waals surface area contributed by atoms with E-state index in [9.17, 15) is 8.78 Å². The van der Waals surface area contributed by atoms with Crippen LogP contribution in [0, 0.1) is 0 Å². The van der Waals surface area contributed by atoms with Crippen molar-refractivity contribution in [3.05, 3.63) is 0 Å². The van der Waals surface area contributed by atoms with Gasteiger partial charge in [0.05, 0.1) is 6.10 Å². The van der Waals surface area contributed by atoms with E-state index in [1.165, 1.54) is 7.11 Å². The van der Waals surface area contributed by atoms with E-state index in [-0.39, 0.29) is 12.6 Å². The van der Waals surface area contributed by atoms with Gasteiger partial charge in [0.2, 0.25) is 0 Å². The van der Waals surface area contributed by atoms with Gasteiger partial charge < -0.3 is 15.2 Å². The fourth-order valence-electron chi connectivity index (χ4n) is 0.607. The maximum absolute atomic E-state index is 11.7. The molecule has 0 aromatic carbocycles. The molecule has 3 nitrogen and oxygen atoms in total. The van der Waals surface area contributed by atoms with E-state index >= 15 is 0 Å². The van der Waals surface area contributed by atoms with E-state index in [2.05, 4.69) is 5.32 Å². The average molecular weight is 183 g/mol. The van der Waals surface area contributed by atoms with Crippen LogP contribution in [0.3, 0.4) is 0 Å². The smallest absolute Gasteiger partial charge is 0.265 e. The second kappa shape index (κ2) is 6.28. The molecule has 0 aliphatic heterocycles. The monoisotopic (exact) mass is 183 g/mol. The lowest BCUT2D eigenvalue weighted by Crippen LogP contribution is -2.36. The summed E-state index contributed by atoms with van der Waals surface area (Å²) in [7, 11) is 1.54. The molecule has 2 unspecified atom stereocenters.